The maximum Gasteiger partial charge on any atom is 0.228 e. The van der Waals surface area contributed by atoms with Crippen molar-refractivity contribution in [3.63, 3.8) is 0 Å². The van der Waals surface area contributed by atoms with Gasteiger partial charge in [-0.1, -0.05) is 27.2 Å². The molecule has 0 bridgehead atoms. The summed E-state index contributed by atoms with van der Waals surface area (Å²) < 4.78 is 6.38. The van der Waals surface area contributed by atoms with Gasteiger partial charge in [0.25, 0.3) is 0 Å². The van der Waals surface area contributed by atoms with Crippen molar-refractivity contribution in [1.29, 1.82) is 0 Å². The first-order chi connectivity index (χ1) is 8.84. The van der Waals surface area contributed by atoms with Crippen LogP contribution in [0, 0.1) is 23.7 Å². The topological polar surface area (TPSA) is 29.5 Å². The first-order valence-corrected chi connectivity index (χ1v) is 7.82. The number of nitrogens with zero attached hydrogens (tertiary/aromatic N) is 1. The minimum absolute atomic E-state index is 0.00375. The fraction of sp³-hybridized carbons (Fsp3) is 0.938. The van der Waals surface area contributed by atoms with Gasteiger partial charge in [0.1, 0.15) is 6.23 Å². The first-order valence-electron chi connectivity index (χ1n) is 7.82. The second kappa shape index (κ2) is 4.21. The van der Waals surface area contributed by atoms with E-state index in [4.69, 9.17) is 4.74 Å². The van der Waals surface area contributed by atoms with Gasteiger partial charge in [0, 0.05) is 23.3 Å². The fourth-order valence-electron chi connectivity index (χ4n) is 4.49. The molecule has 0 spiro atoms. The van der Waals surface area contributed by atoms with E-state index in [0.717, 1.165) is 12.3 Å². The van der Waals surface area contributed by atoms with Crippen LogP contribution in [0.5, 0.6) is 0 Å². The van der Waals surface area contributed by atoms with Gasteiger partial charge in [0.15, 0.2) is 0 Å². The van der Waals surface area contributed by atoms with Gasteiger partial charge in [-0.25, -0.2) is 0 Å². The third-order valence-electron chi connectivity index (χ3n) is 6.02. The van der Waals surface area contributed by atoms with Crippen LogP contribution in [0.4, 0.5) is 0 Å². The monoisotopic (exact) mass is 265 g/mol. The molecule has 2 saturated heterocycles. The Morgan fingerprint density at radius 3 is 2.58 bits per heavy atom. The normalized spacial score (nSPS) is 48.9. The number of fused-ring (bicyclic) bond motifs is 2. The van der Waals surface area contributed by atoms with Crippen LogP contribution in [0.2, 0.25) is 0 Å². The predicted octanol–water partition coefficient (Wildman–Crippen LogP) is 3.04. The Morgan fingerprint density at radius 1 is 1.21 bits per heavy atom. The summed E-state index contributed by atoms with van der Waals surface area (Å²) in [5, 5.41) is 0. The lowest BCUT2D eigenvalue weighted by atomic mass is 9.70. The lowest BCUT2D eigenvalue weighted by Gasteiger charge is -2.55. The largest absolute Gasteiger partial charge is 0.354 e. The van der Waals surface area contributed by atoms with Crippen LogP contribution in [0.1, 0.15) is 53.9 Å². The molecule has 108 valence electrons. The van der Waals surface area contributed by atoms with E-state index in [1.807, 2.05) is 0 Å². The van der Waals surface area contributed by atoms with Crippen molar-refractivity contribution in [2.45, 2.75) is 71.8 Å². The van der Waals surface area contributed by atoms with Crippen molar-refractivity contribution in [1.82, 2.24) is 4.90 Å². The molecule has 0 aromatic heterocycles. The first kappa shape index (κ1) is 13.4. The molecule has 1 saturated carbocycles. The minimum atomic E-state index is -0.0518. The predicted molar refractivity (Wildman–Crippen MR) is 74.4 cm³/mol. The van der Waals surface area contributed by atoms with Gasteiger partial charge in [0.05, 0.1) is 6.10 Å². The highest BCUT2D eigenvalue weighted by atomic mass is 16.5. The molecular weight excluding hydrogens is 238 g/mol. The van der Waals surface area contributed by atoms with E-state index >= 15 is 0 Å². The third kappa shape index (κ3) is 1.77. The number of carbonyl (C=O) groups excluding carboxylic acids is 1. The highest BCUT2D eigenvalue weighted by Crippen LogP contribution is 2.50. The summed E-state index contributed by atoms with van der Waals surface area (Å²) in [5.41, 5.74) is -0.0518. The lowest BCUT2D eigenvalue weighted by molar-refractivity contribution is -0.226. The molecule has 6 atom stereocenters. The second-order valence-corrected chi connectivity index (χ2v) is 7.60. The van der Waals surface area contributed by atoms with Crippen LogP contribution in [-0.4, -0.2) is 28.7 Å². The van der Waals surface area contributed by atoms with Crippen LogP contribution in [-0.2, 0) is 9.53 Å². The van der Waals surface area contributed by atoms with E-state index in [9.17, 15) is 4.79 Å². The van der Waals surface area contributed by atoms with E-state index in [2.05, 4.69) is 39.5 Å². The van der Waals surface area contributed by atoms with Gasteiger partial charge >= 0.3 is 0 Å². The molecule has 3 nitrogen and oxygen atoms in total. The molecule has 0 N–H and O–H groups in total. The van der Waals surface area contributed by atoms with Crippen LogP contribution in [0.15, 0.2) is 0 Å². The Hall–Kier alpha value is -0.570. The van der Waals surface area contributed by atoms with E-state index in [-0.39, 0.29) is 17.7 Å². The number of rotatable bonds is 0. The zero-order chi connectivity index (χ0) is 13.9. The second-order valence-electron chi connectivity index (χ2n) is 7.60. The molecule has 0 unspecified atom stereocenters. The maximum absolute atomic E-state index is 12.6. The molecule has 3 rings (SSSR count). The Bertz CT molecular complexity index is 392. The van der Waals surface area contributed by atoms with Crippen LogP contribution >= 0.6 is 0 Å². The maximum atomic E-state index is 12.6. The number of hydrogen-bond donors (Lipinski definition) is 0. The molecule has 3 heteroatoms. The van der Waals surface area contributed by atoms with Crippen molar-refractivity contribution in [3.05, 3.63) is 0 Å². The Labute approximate surface area is 116 Å². The zero-order valence-corrected chi connectivity index (χ0v) is 12.8. The summed E-state index contributed by atoms with van der Waals surface area (Å²) in [6.07, 6.45) is 3.97. The molecular formula is C16H27NO2. The summed E-state index contributed by atoms with van der Waals surface area (Å²) in [5.74, 6) is 1.96. The van der Waals surface area contributed by atoms with Crippen molar-refractivity contribution in [2.24, 2.45) is 23.7 Å². The lowest BCUT2D eigenvalue weighted by Crippen LogP contribution is -2.64. The van der Waals surface area contributed by atoms with Crippen LogP contribution < -0.4 is 0 Å². The number of ether oxygens (including phenoxy) is 1. The Kier molecular flexibility index (Phi) is 2.97. The average molecular weight is 265 g/mol. The molecule has 0 aromatic rings. The summed E-state index contributed by atoms with van der Waals surface area (Å²) in [6, 6.07) is 0. The molecule has 2 heterocycles. The van der Waals surface area contributed by atoms with Gasteiger partial charge in [-0.3, -0.25) is 4.79 Å². The van der Waals surface area contributed by atoms with Gasteiger partial charge in [0.2, 0.25) is 5.91 Å². The molecule has 3 fully saturated rings. The molecule has 2 aliphatic heterocycles. The van der Waals surface area contributed by atoms with Crippen LogP contribution in [0.25, 0.3) is 0 Å². The van der Waals surface area contributed by atoms with Gasteiger partial charge in [-0.15, -0.1) is 0 Å². The van der Waals surface area contributed by atoms with Crippen molar-refractivity contribution < 1.29 is 9.53 Å². The van der Waals surface area contributed by atoms with E-state index in [1.165, 1.54) is 12.8 Å². The zero-order valence-electron chi connectivity index (χ0n) is 12.8. The van der Waals surface area contributed by atoms with E-state index in [1.54, 1.807) is 0 Å². The quantitative estimate of drug-likeness (QED) is 0.674. The third-order valence-corrected chi connectivity index (χ3v) is 6.02. The summed E-state index contributed by atoms with van der Waals surface area (Å²) in [7, 11) is 0. The summed E-state index contributed by atoms with van der Waals surface area (Å²) in [4.78, 5) is 14.6. The van der Waals surface area contributed by atoms with Crippen molar-refractivity contribution >= 4 is 5.91 Å². The van der Waals surface area contributed by atoms with Gasteiger partial charge in [-0.2, -0.15) is 0 Å². The summed E-state index contributed by atoms with van der Waals surface area (Å²) in [6.45, 7) is 11.0. The fourth-order valence-corrected chi connectivity index (χ4v) is 4.49. The standard InChI is InChI=1S/C16H27NO2/c1-9-6-7-12-13(8-9)19-15-11(3)10(2)14(18)17(15)16(12,4)5/h9-13,15H,6-8H2,1-5H3/t9-,10-,11-,12-,13-,15+/m1/s1. The number of amides is 1. The van der Waals surface area contributed by atoms with E-state index in [0.29, 0.717) is 23.8 Å². The molecule has 1 amide bonds. The average Bonchev–Trinajstić information content (AvgIpc) is 2.54. The molecule has 3 aliphatic rings. The number of hydrogen-bond acceptors (Lipinski definition) is 2. The Balaban J connectivity index is 1.94. The molecule has 0 aromatic carbocycles. The SMILES string of the molecule is C[C@@H]1CC[C@@H]2[C@@H](C1)O[C@H]1[C@H](C)[C@@H](C)C(=O)N1C2(C)C. The number of carbonyl (C=O) groups is 1. The van der Waals surface area contributed by atoms with Gasteiger partial charge in [-0.05, 0) is 32.6 Å². The molecule has 19 heavy (non-hydrogen) atoms. The van der Waals surface area contributed by atoms with Crippen molar-refractivity contribution in [2.75, 3.05) is 0 Å². The minimum Gasteiger partial charge on any atom is -0.354 e. The molecule has 1 aliphatic carbocycles. The highest BCUT2D eigenvalue weighted by Gasteiger charge is 2.58. The smallest absolute Gasteiger partial charge is 0.228 e. The van der Waals surface area contributed by atoms with Crippen molar-refractivity contribution in [3.8, 4) is 0 Å². The van der Waals surface area contributed by atoms with Crippen LogP contribution in [0.3, 0.4) is 0 Å². The molecule has 0 radical (unpaired) electrons. The summed E-state index contributed by atoms with van der Waals surface area (Å²) >= 11 is 0. The van der Waals surface area contributed by atoms with Gasteiger partial charge < -0.3 is 9.64 Å². The highest BCUT2D eigenvalue weighted by molar-refractivity contribution is 5.82. The van der Waals surface area contributed by atoms with E-state index < -0.39 is 0 Å². The Morgan fingerprint density at radius 2 is 1.89 bits per heavy atom.